The van der Waals surface area contributed by atoms with E-state index in [2.05, 4.69) is 40.4 Å². The van der Waals surface area contributed by atoms with Gasteiger partial charge in [-0.25, -0.2) is 0 Å². The molecular weight excluding hydrogens is 487 g/mol. The van der Waals surface area contributed by atoms with Gasteiger partial charge in [0.25, 0.3) is 0 Å². The standard InChI is InChI=1S/C26H19F3O2.C6H7N/c27-26(28,29)31-20-11-7-18(8-12-20)25(30)19-6-5-17-10-13-22-21-4-2-1-3-16(21)9-14-23(22)24(17)15-19;1-2-4-6-7-5-3-1/h1-4,7-8,10-15,19H,5-6,9H2;1-7H. The average Bonchev–Trinajstić information content (AvgIpc) is 3.25. The Balaban J connectivity index is 0.000000366. The molecule has 38 heavy (non-hydrogen) atoms. The maximum atomic E-state index is 13.1. The van der Waals surface area contributed by atoms with Crippen molar-refractivity contribution in [3.8, 4) is 16.9 Å². The van der Waals surface area contributed by atoms with Crippen LogP contribution in [0.25, 0.3) is 23.3 Å². The predicted molar refractivity (Wildman–Crippen MR) is 144 cm³/mol. The number of ketones is 1. The van der Waals surface area contributed by atoms with Crippen LogP contribution in [0.3, 0.4) is 0 Å². The van der Waals surface area contributed by atoms with Gasteiger partial charge in [-0.2, -0.15) is 0 Å². The zero-order valence-electron chi connectivity index (χ0n) is 20.5. The summed E-state index contributed by atoms with van der Waals surface area (Å²) in [6, 6.07) is 17.8. The highest BCUT2D eigenvalue weighted by molar-refractivity contribution is 6.01. The number of ether oxygens (including phenoxy) is 1. The molecule has 3 nitrogen and oxygen atoms in total. The van der Waals surface area contributed by atoms with Crippen LogP contribution in [0.2, 0.25) is 0 Å². The summed E-state index contributed by atoms with van der Waals surface area (Å²) >= 11 is 0. The SMILES string of the molecule is C1=CC=CNC=C1.O=C(c1ccc(OC(F)(F)F)cc1)C1C=c2c(ccc3c2=CCc2ccccc2-3)CC1. The number of hydrogen-bond acceptors (Lipinski definition) is 3. The number of carbonyl (C=O) groups excluding carboxylic acids is 1. The Morgan fingerprint density at radius 1 is 0.816 bits per heavy atom. The lowest BCUT2D eigenvalue weighted by molar-refractivity contribution is -0.274. The molecule has 2 aliphatic carbocycles. The third-order valence-corrected chi connectivity index (χ3v) is 6.73. The molecule has 0 radical (unpaired) electrons. The Bertz CT molecular complexity index is 1530. The summed E-state index contributed by atoms with van der Waals surface area (Å²) in [7, 11) is 0. The highest BCUT2D eigenvalue weighted by Crippen LogP contribution is 2.27. The van der Waals surface area contributed by atoms with Crippen molar-refractivity contribution >= 4 is 17.9 Å². The second-order valence-corrected chi connectivity index (χ2v) is 9.18. The van der Waals surface area contributed by atoms with E-state index in [1.807, 2.05) is 54.9 Å². The van der Waals surface area contributed by atoms with Crippen molar-refractivity contribution in [3.05, 3.63) is 124 Å². The smallest absolute Gasteiger partial charge is 0.406 e. The van der Waals surface area contributed by atoms with Gasteiger partial charge < -0.3 is 10.1 Å². The van der Waals surface area contributed by atoms with E-state index in [-0.39, 0.29) is 17.5 Å². The first kappa shape index (κ1) is 25.3. The zero-order valence-corrected chi connectivity index (χ0v) is 20.5. The van der Waals surface area contributed by atoms with Crippen LogP contribution >= 0.6 is 0 Å². The molecule has 0 fully saturated rings. The summed E-state index contributed by atoms with van der Waals surface area (Å²) in [5.74, 6) is -0.721. The van der Waals surface area contributed by atoms with E-state index in [0.29, 0.717) is 12.0 Å². The highest BCUT2D eigenvalue weighted by Gasteiger charge is 2.31. The van der Waals surface area contributed by atoms with Crippen LogP contribution in [-0.4, -0.2) is 12.1 Å². The Morgan fingerprint density at radius 3 is 2.29 bits per heavy atom. The Hall–Kier alpha value is -4.32. The summed E-state index contributed by atoms with van der Waals surface area (Å²) in [5.41, 5.74) is 5.31. The van der Waals surface area contributed by atoms with Crippen LogP contribution in [0, 0.1) is 5.92 Å². The summed E-state index contributed by atoms with van der Waals surface area (Å²) in [6.07, 6.45) is 13.4. The Labute approximate surface area is 219 Å². The molecule has 0 aromatic heterocycles. The molecule has 0 saturated heterocycles. The Kier molecular flexibility index (Phi) is 7.31. The molecule has 1 atom stereocenters. The molecule has 3 aromatic rings. The number of halogens is 3. The van der Waals surface area contributed by atoms with Crippen LogP contribution in [0.4, 0.5) is 13.2 Å². The van der Waals surface area contributed by atoms with Gasteiger partial charge in [0.05, 0.1) is 0 Å². The number of hydrogen-bond donors (Lipinski definition) is 1. The minimum atomic E-state index is -4.75. The average molecular weight is 514 g/mol. The van der Waals surface area contributed by atoms with Gasteiger partial charge in [0.2, 0.25) is 0 Å². The number of fused-ring (bicyclic) bond motifs is 5. The van der Waals surface area contributed by atoms with Crippen molar-refractivity contribution < 1.29 is 22.7 Å². The number of Topliss-reactive ketones (excluding diaryl/α,β-unsaturated/α-hetero) is 1. The predicted octanol–water partition coefficient (Wildman–Crippen LogP) is 5.99. The molecule has 192 valence electrons. The number of rotatable bonds is 3. The summed E-state index contributed by atoms with van der Waals surface area (Å²) < 4.78 is 41.0. The van der Waals surface area contributed by atoms with E-state index >= 15 is 0 Å². The van der Waals surface area contributed by atoms with Crippen molar-refractivity contribution in [3.63, 3.8) is 0 Å². The number of allylic oxidation sites excluding steroid dienone is 4. The Morgan fingerprint density at radius 2 is 1.55 bits per heavy atom. The van der Waals surface area contributed by atoms with Crippen molar-refractivity contribution in [2.24, 2.45) is 5.92 Å². The molecule has 1 heterocycles. The van der Waals surface area contributed by atoms with Gasteiger partial charge in [-0.1, -0.05) is 60.7 Å². The normalized spacial score (nSPS) is 16.7. The topological polar surface area (TPSA) is 38.3 Å². The largest absolute Gasteiger partial charge is 0.573 e. The van der Waals surface area contributed by atoms with Crippen LogP contribution in [0.5, 0.6) is 5.75 Å². The van der Waals surface area contributed by atoms with E-state index in [4.69, 9.17) is 0 Å². The van der Waals surface area contributed by atoms with Gasteiger partial charge in [-0.15, -0.1) is 13.2 Å². The van der Waals surface area contributed by atoms with Crippen molar-refractivity contribution in [1.29, 1.82) is 0 Å². The number of alkyl halides is 3. The van der Waals surface area contributed by atoms with Gasteiger partial charge in [-0.3, -0.25) is 4.79 Å². The molecular formula is C32H26F3NO2. The molecule has 3 aliphatic rings. The minimum absolute atomic E-state index is 0.0852. The molecule has 1 aliphatic heterocycles. The molecule has 1 unspecified atom stereocenters. The summed E-state index contributed by atoms with van der Waals surface area (Å²) in [5, 5.41) is 5.20. The quantitative estimate of drug-likeness (QED) is 0.438. The van der Waals surface area contributed by atoms with E-state index in [1.165, 1.54) is 51.7 Å². The molecule has 1 N–H and O–H groups in total. The molecule has 6 heteroatoms. The molecule has 0 amide bonds. The number of aryl methyl sites for hydroxylation is 1. The maximum Gasteiger partial charge on any atom is 0.573 e. The number of nitrogens with one attached hydrogen (secondary N) is 1. The van der Waals surface area contributed by atoms with Crippen molar-refractivity contribution in [2.75, 3.05) is 0 Å². The van der Waals surface area contributed by atoms with Gasteiger partial charge >= 0.3 is 6.36 Å². The third-order valence-electron chi connectivity index (χ3n) is 6.73. The van der Waals surface area contributed by atoms with Crippen LogP contribution in [-0.2, 0) is 12.8 Å². The number of carbonyl (C=O) groups is 1. The van der Waals surface area contributed by atoms with Crippen LogP contribution in [0.15, 0.2) is 97.4 Å². The zero-order chi connectivity index (χ0) is 26.5. The fourth-order valence-corrected chi connectivity index (χ4v) is 4.97. The van der Waals surface area contributed by atoms with Gasteiger partial charge in [0, 0.05) is 23.9 Å². The first-order valence-electron chi connectivity index (χ1n) is 12.5. The molecule has 0 saturated carbocycles. The monoisotopic (exact) mass is 513 g/mol. The minimum Gasteiger partial charge on any atom is -0.406 e. The van der Waals surface area contributed by atoms with E-state index in [0.717, 1.165) is 18.1 Å². The van der Waals surface area contributed by atoms with E-state index < -0.39 is 6.36 Å². The fraction of sp³-hybridized carbons (Fsp3) is 0.156. The van der Waals surface area contributed by atoms with Crippen LogP contribution in [0.1, 0.15) is 27.9 Å². The van der Waals surface area contributed by atoms with Crippen LogP contribution < -0.4 is 20.5 Å². The lowest BCUT2D eigenvalue weighted by atomic mass is 9.82. The highest BCUT2D eigenvalue weighted by atomic mass is 19.4. The molecule has 3 aromatic carbocycles. The molecule has 6 rings (SSSR count). The fourth-order valence-electron chi connectivity index (χ4n) is 4.97. The van der Waals surface area contributed by atoms with Gasteiger partial charge in [0.15, 0.2) is 5.78 Å². The number of benzene rings is 3. The van der Waals surface area contributed by atoms with Gasteiger partial charge in [0.1, 0.15) is 5.75 Å². The summed E-state index contributed by atoms with van der Waals surface area (Å²) in [4.78, 5) is 13.1. The van der Waals surface area contributed by atoms with Crippen molar-refractivity contribution in [1.82, 2.24) is 5.32 Å². The second kappa shape index (κ2) is 11.0. The van der Waals surface area contributed by atoms with Gasteiger partial charge in [-0.05, 0) is 88.4 Å². The van der Waals surface area contributed by atoms with E-state index in [9.17, 15) is 18.0 Å². The molecule has 0 bridgehead atoms. The van der Waals surface area contributed by atoms with E-state index in [1.54, 1.807) is 0 Å². The first-order valence-corrected chi connectivity index (χ1v) is 12.5. The second-order valence-electron chi connectivity index (χ2n) is 9.18. The lowest BCUT2D eigenvalue weighted by Crippen LogP contribution is -2.37. The third kappa shape index (κ3) is 5.80. The maximum absolute atomic E-state index is 13.1. The summed E-state index contributed by atoms with van der Waals surface area (Å²) in [6.45, 7) is 0. The molecule has 0 spiro atoms. The first-order chi connectivity index (χ1) is 18.4. The lowest BCUT2D eigenvalue weighted by Gasteiger charge is -2.21. The van der Waals surface area contributed by atoms with Crippen molar-refractivity contribution in [2.45, 2.75) is 25.6 Å².